The smallest absolute Gasteiger partial charge is 0.163 e. The fourth-order valence-electron chi connectivity index (χ4n) is 3.37. The number of aliphatic hydroxyl groups excluding tert-OH is 1. The molecule has 146 valence electrons. The van der Waals surface area contributed by atoms with Gasteiger partial charge in [0.2, 0.25) is 0 Å². The lowest BCUT2D eigenvalue weighted by Gasteiger charge is -2.21. The first-order valence-electron chi connectivity index (χ1n) is 10.5. The molecule has 1 aliphatic heterocycles. The molecule has 0 saturated carbocycles. The summed E-state index contributed by atoms with van der Waals surface area (Å²) in [7, 11) is 0. The van der Waals surface area contributed by atoms with Crippen molar-refractivity contribution in [1.82, 2.24) is 0 Å². The van der Waals surface area contributed by atoms with Crippen LogP contribution in [-0.2, 0) is 9.47 Å². The molecule has 0 aliphatic carbocycles. The predicted molar refractivity (Wildman–Crippen MR) is 104 cm³/mol. The number of rotatable bonds is 12. The Kier molecular flexibility index (Phi) is 11.5. The molecule has 0 amide bonds. The number of ether oxygens (including phenoxy) is 2. The molecule has 0 spiro atoms. The third-order valence-electron chi connectivity index (χ3n) is 4.84. The van der Waals surface area contributed by atoms with Gasteiger partial charge < -0.3 is 14.6 Å². The molecule has 0 bridgehead atoms. The van der Waals surface area contributed by atoms with Gasteiger partial charge in [0, 0.05) is 12.8 Å². The Morgan fingerprint density at radius 2 is 1.48 bits per heavy atom. The minimum absolute atomic E-state index is 0.0212. The van der Waals surface area contributed by atoms with E-state index >= 15 is 0 Å². The fourth-order valence-corrected chi connectivity index (χ4v) is 3.37. The summed E-state index contributed by atoms with van der Waals surface area (Å²) < 4.78 is 11.9. The van der Waals surface area contributed by atoms with Crippen molar-refractivity contribution in [2.24, 2.45) is 0 Å². The van der Waals surface area contributed by atoms with Crippen molar-refractivity contribution >= 4 is 0 Å². The summed E-state index contributed by atoms with van der Waals surface area (Å²) in [6.45, 7) is 8.10. The van der Waals surface area contributed by atoms with Crippen molar-refractivity contribution in [3.63, 3.8) is 0 Å². The zero-order chi connectivity index (χ0) is 18.5. The lowest BCUT2D eigenvalue weighted by molar-refractivity contribution is -0.155. The highest BCUT2D eigenvalue weighted by molar-refractivity contribution is 4.98. The van der Waals surface area contributed by atoms with Crippen LogP contribution in [0.3, 0.4) is 0 Å². The van der Waals surface area contributed by atoms with Gasteiger partial charge in [-0.3, -0.25) is 0 Å². The predicted octanol–water partition coefficient (Wildman–Crippen LogP) is 5.59. The molecule has 3 heteroatoms. The normalized spacial score (nSPS) is 23.2. The van der Waals surface area contributed by atoms with Crippen molar-refractivity contribution in [3.05, 3.63) is 0 Å². The van der Waals surface area contributed by atoms with Crippen molar-refractivity contribution in [3.8, 4) is 11.8 Å². The van der Waals surface area contributed by atoms with Gasteiger partial charge in [0.1, 0.15) is 6.10 Å². The summed E-state index contributed by atoms with van der Waals surface area (Å²) in [6.07, 6.45) is 13.1. The van der Waals surface area contributed by atoms with E-state index in [4.69, 9.17) is 9.47 Å². The molecular formula is C22H40O3. The van der Waals surface area contributed by atoms with E-state index in [0.29, 0.717) is 6.42 Å². The molecule has 1 rings (SSSR count). The van der Waals surface area contributed by atoms with Gasteiger partial charge in [0.25, 0.3) is 0 Å². The zero-order valence-corrected chi connectivity index (χ0v) is 17.0. The van der Waals surface area contributed by atoms with E-state index in [1.54, 1.807) is 0 Å². The molecule has 0 unspecified atom stereocenters. The summed E-state index contributed by atoms with van der Waals surface area (Å²) >= 11 is 0. The van der Waals surface area contributed by atoms with Crippen molar-refractivity contribution < 1.29 is 14.6 Å². The number of unbranched alkanes of at least 4 members (excludes halogenated alkanes) is 8. The van der Waals surface area contributed by atoms with Crippen molar-refractivity contribution in [2.75, 3.05) is 0 Å². The van der Waals surface area contributed by atoms with Gasteiger partial charge in [-0.1, -0.05) is 52.4 Å². The van der Waals surface area contributed by atoms with Crippen LogP contribution in [0.1, 0.15) is 105 Å². The first-order valence-corrected chi connectivity index (χ1v) is 10.5. The second-order valence-corrected chi connectivity index (χ2v) is 7.73. The van der Waals surface area contributed by atoms with E-state index < -0.39 is 11.9 Å². The van der Waals surface area contributed by atoms with Crippen LogP contribution in [0.25, 0.3) is 0 Å². The van der Waals surface area contributed by atoms with Gasteiger partial charge in [0.15, 0.2) is 5.79 Å². The molecule has 1 N–H and O–H groups in total. The summed E-state index contributed by atoms with van der Waals surface area (Å²) in [5.74, 6) is 6.04. The number of hydrogen-bond donors (Lipinski definition) is 1. The van der Waals surface area contributed by atoms with Crippen LogP contribution in [0.5, 0.6) is 0 Å². The second kappa shape index (κ2) is 12.7. The average molecular weight is 353 g/mol. The third-order valence-corrected chi connectivity index (χ3v) is 4.84. The maximum Gasteiger partial charge on any atom is 0.163 e. The Morgan fingerprint density at radius 1 is 0.880 bits per heavy atom. The van der Waals surface area contributed by atoms with E-state index in [9.17, 15) is 5.11 Å². The quantitative estimate of drug-likeness (QED) is 0.367. The zero-order valence-electron chi connectivity index (χ0n) is 17.0. The van der Waals surface area contributed by atoms with Crippen LogP contribution < -0.4 is 0 Å². The first kappa shape index (κ1) is 22.5. The van der Waals surface area contributed by atoms with Crippen LogP contribution in [0, 0.1) is 11.8 Å². The summed E-state index contributed by atoms with van der Waals surface area (Å²) in [6, 6.07) is 0. The summed E-state index contributed by atoms with van der Waals surface area (Å²) in [5, 5.41) is 10.1. The molecule has 25 heavy (non-hydrogen) atoms. The number of hydrogen-bond acceptors (Lipinski definition) is 3. The maximum absolute atomic E-state index is 10.1. The van der Waals surface area contributed by atoms with Crippen LogP contribution in [0.15, 0.2) is 0 Å². The average Bonchev–Trinajstić information content (AvgIpc) is 2.90. The van der Waals surface area contributed by atoms with Crippen LogP contribution in [0.2, 0.25) is 0 Å². The molecule has 0 aromatic heterocycles. The topological polar surface area (TPSA) is 38.7 Å². The molecule has 1 saturated heterocycles. The highest BCUT2D eigenvalue weighted by Crippen LogP contribution is 2.33. The Labute approximate surface area is 155 Å². The van der Waals surface area contributed by atoms with Crippen LogP contribution in [-0.4, -0.2) is 29.2 Å². The monoisotopic (exact) mass is 352 g/mol. The Balaban J connectivity index is 2.08. The molecule has 3 nitrogen and oxygen atoms in total. The maximum atomic E-state index is 10.1. The van der Waals surface area contributed by atoms with Gasteiger partial charge in [0.05, 0.1) is 12.2 Å². The SMILES string of the molecule is CCCCCCC#CCCCCCC[C@H]1OC(C)(C)O[C@H]1[C@H](O)CC. The lowest BCUT2D eigenvalue weighted by Crippen LogP contribution is -2.35. The second-order valence-electron chi connectivity index (χ2n) is 7.73. The van der Waals surface area contributed by atoms with Gasteiger partial charge in [-0.05, 0) is 39.5 Å². The highest BCUT2D eigenvalue weighted by Gasteiger charge is 2.43. The minimum Gasteiger partial charge on any atom is -0.390 e. The first-order chi connectivity index (χ1) is 12.0. The molecule has 0 aromatic carbocycles. The van der Waals surface area contributed by atoms with Crippen LogP contribution in [0.4, 0.5) is 0 Å². The Morgan fingerprint density at radius 3 is 2.08 bits per heavy atom. The highest BCUT2D eigenvalue weighted by atomic mass is 16.8. The third kappa shape index (κ3) is 9.64. The lowest BCUT2D eigenvalue weighted by atomic mass is 10.00. The molecular weight excluding hydrogens is 312 g/mol. The van der Waals surface area contributed by atoms with E-state index in [2.05, 4.69) is 18.8 Å². The van der Waals surface area contributed by atoms with Crippen molar-refractivity contribution in [1.29, 1.82) is 0 Å². The summed E-state index contributed by atoms with van der Waals surface area (Å²) in [4.78, 5) is 0. The van der Waals surface area contributed by atoms with E-state index in [0.717, 1.165) is 25.7 Å². The summed E-state index contributed by atoms with van der Waals surface area (Å²) in [5.41, 5.74) is 0. The van der Waals surface area contributed by atoms with E-state index in [1.807, 2.05) is 20.8 Å². The minimum atomic E-state index is -0.571. The van der Waals surface area contributed by atoms with Gasteiger partial charge in [-0.25, -0.2) is 0 Å². The molecule has 1 fully saturated rings. The molecule has 3 atom stereocenters. The molecule has 0 aromatic rings. The van der Waals surface area contributed by atoms with Gasteiger partial charge in [-0.2, -0.15) is 0 Å². The number of aliphatic hydroxyl groups is 1. The van der Waals surface area contributed by atoms with Gasteiger partial charge >= 0.3 is 0 Å². The molecule has 0 radical (unpaired) electrons. The molecule has 1 aliphatic rings. The van der Waals surface area contributed by atoms with Crippen molar-refractivity contribution in [2.45, 2.75) is 129 Å². The van der Waals surface area contributed by atoms with Gasteiger partial charge in [-0.15, -0.1) is 11.8 Å². The Hall–Kier alpha value is -0.560. The standard InChI is InChI=1S/C22H40O3/c1-5-7-8-9-10-11-12-13-14-15-16-17-18-20-21(19(23)6-2)25-22(3,4)24-20/h19-21,23H,5-10,13-18H2,1-4H3/t19-,20-,21+/m1/s1. The van der Waals surface area contributed by atoms with Crippen LogP contribution >= 0.6 is 0 Å². The fraction of sp³-hybridized carbons (Fsp3) is 0.909. The van der Waals surface area contributed by atoms with E-state index in [-0.39, 0.29) is 12.2 Å². The largest absolute Gasteiger partial charge is 0.390 e. The molecule has 1 heterocycles. The Bertz CT molecular complexity index is 394. The van der Waals surface area contributed by atoms with E-state index in [1.165, 1.54) is 44.9 Å².